The molecule has 6 nitrogen and oxygen atoms in total. The third-order valence-corrected chi connectivity index (χ3v) is 6.38. The Morgan fingerprint density at radius 3 is 2.67 bits per heavy atom. The van der Waals surface area contributed by atoms with Crippen molar-refractivity contribution < 1.29 is 4.74 Å². The summed E-state index contributed by atoms with van der Waals surface area (Å²) in [6, 6.07) is 18.8. The van der Waals surface area contributed by atoms with E-state index in [9.17, 15) is 0 Å². The van der Waals surface area contributed by atoms with Crippen molar-refractivity contribution in [3.8, 4) is 5.88 Å². The Morgan fingerprint density at radius 2 is 1.94 bits per heavy atom. The summed E-state index contributed by atoms with van der Waals surface area (Å²) in [7, 11) is 0. The molecule has 1 aliphatic heterocycles. The fraction of sp³-hybridized carbons (Fsp3) is 0.360. The molecule has 2 N–H and O–H groups in total. The van der Waals surface area contributed by atoms with Crippen LogP contribution in [0.15, 0.2) is 71.2 Å². The summed E-state index contributed by atoms with van der Waals surface area (Å²) in [5.74, 6) is 1.49. The first-order valence-corrected chi connectivity index (χ1v) is 12.1. The van der Waals surface area contributed by atoms with Crippen molar-refractivity contribution in [1.82, 2.24) is 15.6 Å². The van der Waals surface area contributed by atoms with Crippen LogP contribution < -0.4 is 20.3 Å². The number of guanidine groups is 1. The Labute approximate surface area is 217 Å². The summed E-state index contributed by atoms with van der Waals surface area (Å²) in [4.78, 5) is 11.6. The second kappa shape index (κ2) is 13.4. The zero-order valence-electron chi connectivity index (χ0n) is 18.9. The van der Waals surface area contributed by atoms with Gasteiger partial charge in [0.25, 0.3) is 0 Å². The predicted octanol–water partition coefficient (Wildman–Crippen LogP) is 5.06. The summed E-state index contributed by atoms with van der Waals surface area (Å²) in [6.45, 7) is 6.16. The van der Waals surface area contributed by atoms with Crippen LogP contribution in [-0.2, 0) is 13.2 Å². The molecule has 0 aliphatic carbocycles. The maximum Gasteiger partial charge on any atom is 0.213 e. The molecular formula is C25H32IN5OS. The largest absolute Gasteiger partial charge is 0.473 e. The zero-order valence-corrected chi connectivity index (χ0v) is 22.1. The maximum absolute atomic E-state index is 5.85. The third-order valence-electron chi connectivity index (χ3n) is 5.45. The molecule has 3 heterocycles. The van der Waals surface area contributed by atoms with Crippen LogP contribution in [0.4, 0.5) is 5.00 Å². The molecule has 176 valence electrons. The lowest BCUT2D eigenvalue weighted by Gasteiger charge is -2.33. The fourth-order valence-corrected chi connectivity index (χ4v) is 4.52. The summed E-state index contributed by atoms with van der Waals surface area (Å²) < 4.78 is 5.85. The smallest absolute Gasteiger partial charge is 0.213 e. The van der Waals surface area contributed by atoms with Crippen LogP contribution in [-0.4, -0.2) is 36.6 Å². The minimum absolute atomic E-state index is 0. The van der Waals surface area contributed by atoms with Gasteiger partial charge in [0.15, 0.2) is 5.96 Å². The zero-order chi connectivity index (χ0) is 22.0. The van der Waals surface area contributed by atoms with E-state index >= 15 is 0 Å². The van der Waals surface area contributed by atoms with E-state index < -0.39 is 0 Å². The van der Waals surface area contributed by atoms with Gasteiger partial charge in [-0.1, -0.05) is 30.3 Å². The molecule has 33 heavy (non-hydrogen) atoms. The van der Waals surface area contributed by atoms with E-state index in [1.165, 1.54) is 5.00 Å². The Kier molecular flexibility index (Phi) is 10.3. The number of nitrogens with one attached hydrogen (secondary N) is 2. The van der Waals surface area contributed by atoms with Gasteiger partial charge in [-0.25, -0.2) is 9.98 Å². The van der Waals surface area contributed by atoms with Crippen LogP contribution in [0.5, 0.6) is 5.88 Å². The average Bonchev–Trinajstić information content (AvgIpc) is 3.38. The van der Waals surface area contributed by atoms with E-state index in [0.717, 1.165) is 49.6 Å². The highest BCUT2D eigenvalue weighted by atomic mass is 127. The van der Waals surface area contributed by atoms with Crippen molar-refractivity contribution in [1.29, 1.82) is 0 Å². The normalized spacial score (nSPS) is 14.5. The van der Waals surface area contributed by atoms with E-state index in [4.69, 9.17) is 9.73 Å². The number of hydrogen-bond acceptors (Lipinski definition) is 5. The second-order valence-corrected chi connectivity index (χ2v) is 8.75. The number of piperidine rings is 1. The number of ether oxygens (including phenoxy) is 1. The molecule has 1 aromatic carbocycles. The molecule has 0 atom stereocenters. The summed E-state index contributed by atoms with van der Waals surface area (Å²) in [5, 5.41) is 10.5. The van der Waals surface area contributed by atoms with Crippen LogP contribution in [0.3, 0.4) is 0 Å². The van der Waals surface area contributed by atoms with E-state index in [-0.39, 0.29) is 24.0 Å². The standard InChI is InChI=1S/C25H31N5OS.HI/c1-2-26-25(29-22-11-14-30(15-12-22)24-9-6-16-32-24)28-18-21-10-13-27-23(17-21)31-19-20-7-4-3-5-8-20;/h3-10,13,16-17,22H,2,11-12,14-15,18-19H2,1H3,(H2,26,28,29);1H. The predicted molar refractivity (Wildman–Crippen MR) is 148 cm³/mol. The molecule has 1 aliphatic rings. The molecule has 1 saturated heterocycles. The monoisotopic (exact) mass is 577 g/mol. The van der Waals surface area contributed by atoms with Crippen molar-refractivity contribution in [3.63, 3.8) is 0 Å². The maximum atomic E-state index is 5.85. The number of benzene rings is 1. The van der Waals surface area contributed by atoms with Crippen molar-refractivity contribution in [3.05, 3.63) is 77.3 Å². The minimum Gasteiger partial charge on any atom is -0.473 e. The molecule has 0 spiro atoms. The van der Waals surface area contributed by atoms with Crippen LogP contribution in [0.1, 0.15) is 30.9 Å². The van der Waals surface area contributed by atoms with Crippen LogP contribution in [0.2, 0.25) is 0 Å². The number of halogens is 1. The minimum atomic E-state index is 0. The van der Waals surface area contributed by atoms with Crippen molar-refractivity contribution in [2.75, 3.05) is 24.5 Å². The van der Waals surface area contributed by atoms with Gasteiger partial charge in [-0.05, 0) is 54.5 Å². The summed E-state index contributed by atoms with van der Waals surface area (Å²) >= 11 is 1.82. The molecule has 0 saturated carbocycles. The molecule has 2 aromatic heterocycles. The highest BCUT2D eigenvalue weighted by Gasteiger charge is 2.20. The van der Waals surface area contributed by atoms with E-state index in [2.05, 4.69) is 45.0 Å². The molecule has 3 aromatic rings. The van der Waals surface area contributed by atoms with Gasteiger partial charge in [-0.2, -0.15) is 0 Å². The molecule has 4 rings (SSSR count). The lowest BCUT2D eigenvalue weighted by molar-refractivity contribution is 0.293. The molecule has 0 bridgehead atoms. The Hall–Kier alpha value is -2.33. The number of hydrogen-bond donors (Lipinski definition) is 2. The number of anilines is 1. The SMILES string of the molecule is CCNC(=NCc1ccnc(OCc2ccccc2)c1)NC1CCN(c2cccs2)CC1.I. The Morgan fingerprint density at radius 1 is 1.12 bits per heavy atom. The van der Waals surface area contributed by atoms with Crippen LogP contribution in [0.25, 0.3) is 0 Å². The van der Waals surface area contributed by atoms with Crippen molar-refractivity contribution in [2.24, 2.45) is 4.99 Å². The number of rotatable bonds is 8. The van der Waals surface area contributed by atoms with Gasteiger partial charge in [-0.3, -0.25) is 0 Å². The van der Waals surface area contributed by atoms with Gasteiger partial charge in [0, 0.05) is 37.9 Å². The van der Waals surface area contributed by atoms with Crippen molar-refractivity contribution >= 4 is 46.3 Å². The lowest BCUT2D eigenvalue weighted by Crippen LogP contribution is -2.48. The number of thiophene rings is 1. The molecular weight excluding hydrogens is 545 g/mol. The van der Waals surface area contributed by atoms with Gasteiger partial charge in [0.1, 0.15) is 6.61 Å². The second-order valence-electron chi connectivity index (χ2n) is 7.83. The average molecular weight is 578 g/mol. The highest BCUT2D eigenvalue weighted by molar-refractivity contribution is 14.0. The first kappa shape index (κ1) is 25.3. The molecule has 1 fully saturated rings. The summed E-state index contributed by atoms with van der Waals surface area (Å²) in [6.07, 6.45) is 4.00. The molecule has 8 heteroatoms. The lowest BCUT2D eigenvalue weighted by atomic mass is 10.1. The molecule has 0 amide bonds. The first-order chi connectivity index (χ1) is 15.8. The van der Waals surface area contributed by atoms with E-state index in [1.807, 2.05) is 53.8 Å². The molecule has 0 unspecified atom stereocenters. The number of aliphatic imine (C=N–C) groups is 1. The highest BCUT2D eigenvalue weighted by Crippen LogP contribution is 2.24. The van der Waals surface area contributed by atoms with E-state index in [1.54, 1.807) is 6.20 Å². The summed E-state index contributed by atoms with van der Waals surface area (Å²) in [5.41, 5.74) is 2.20. The van der Waals surface area contributed by atoms with Gasteiger partial charge < -0.3 is 20.3 Å². The number of aromatic nitrogens is 1. The van der Waals surface area contributed by atoms with Gasteiger partial charge >= 0.3 is 0 Å². The Bertz CT molecular complexity index is 975. The van der Waals surface area contributed by atoms with E-state index in [0.29, 0.717) is 25.1 Å². The number of nitrogens with zero attached hydrogens (tertiary/aromatic N) is 3. The van der Waals surface area contributed by atoms with Crippen LogP contribution in [0, 0.1) is 0 Å². The number of pyridine rings is 1. The topological polar surface area (TPSA) is 61.8 Å². The van der Waals surface area contributed by atoms with Crippen LogP contribution >= 0.6 is 35.3 Å². The van der Waals surface area contributed by atoms with Gasteiger partial charge in [0.2, 0.25) is 5.88 Å². The van der Waals surface area contributed by atoms with Gasteiger partial charge in [0.05, 0.1) is 11.5 Å². The first-order valence-electron chi connectivity index (χ1n) is 11.2. The third kappa shape index (κ3) is 7.89. The Balaban J connectivity index is 0.00000306. The fourth-order valence-electron chi connectivity index (χ4n) is 3.74. The molecule has 0 radical (unpaired) electrons. The van der Waals surface area contributed by atoms with Gasteiger partial charge in [-0.15, -0.1) is 35.3 Å². The van der Waals surface area contributed by atoms with Crippen molar-refractivity contribution in [2.45, 2.75) is 39.0 Å². The quantitative estimate of drug-likeness (QED) is 0.223.